The van der Waals surface area contributed by atoms with Gasteiger partial charge in [0.05, 0.1) is 7.11 Å². The number of benzene rings is 1. The highest BCUT2D eigenvalue weighted by Crippen LogP contribution is 2.28. The molecule has 2 N–H and O–H groups in total. The summed E-state index contributed by atoms with van der Waals surface area (Å²) < 4.78 is 15.9. The average Bonchev–Trinajstić information content (AvgIpc) is 3.27. The van der Waals surface area contributed by atoms with Gasteiger partial charge in [-0.2, -0.15) is 0 Å². The normalized spacial score (nSPS) is 13.2. The number of methoxy groups -OCH3 is 1. The number of aromatic hydroxyl groups is 1. The minimum atomic E-state index is -0.856. The molecule has 1 amide bonds. The summed E-state index contributed by atoms with van der Waals surface area (Å²) in [6.45, 7) is 7.94. The van der Waals surface area contributed by atoms with Crippen molar-refractivity contribution in [2.75, 3.05) is 7.11 Å². The lowest BCUT2D eigenvalue weighted by molar-refractivity contribution is 0.0918. The fraction of sp³-hybridized carbons (Fsp3) is 0.433. The fourth-order valence-corrected chi connectivity index (χ4v) is 4.21. The second-order valence-electron chi connectivity index (χ2n) is 10.2. The molecule has 2 atom stereocenters. The number of aryl methyl sites for hydroxylation is 1. The second-order valence-corrected chi connectivity index (χ2v) is 10.2. The number of hydrogen-bond acceptors (Lipinski definition) is 7. The standard InChI is InChI=1S/C30H37NO7/c1-18(2)9-10-21-11-12-22-16-23(37-26(22)15-21)14-20(4)28(33)27-24(32)17-25(38-29(27)34)19(3)8-6-7-13-31-30(35)36-5/h7,11-13,15-20,32H,6,8-10,14H2,1-5H3,(H,31,35)/b13-7+. The highest BCUT2D eigenvalue weighted by molar-refractivity contribution is 5.99. The number of ketones is 1. The Morgan fingerprint density at radius 2 is 1.84 bits per heavy atom. The summed E-state index contributed by atoms with van der Waals surface area (Å²) in [5.41, 5.74) is 0.785. The molecule has 0 fully saturated rings. The van der Waals surface area contributed by atoms with Crippen molar-refractivity contribution in [1.82, 2.24) is 5.32 Å². The molecule has 0 aliphatic rings. The van der Waals surface area contributed by atoms with E-state index >= 15 is 0 Å². The number of carbonyl (C=O) groups is 2. The highest BCUT2D eigenvalue weighted by atomic mass is 16.5. The maximum atomic E-state index is 13.1. The number of fused-ring (bicyclic) bond motifs is 1. The zero-order valence-electron chi connectivity index (χ0n) is 22.7. The Morgan fingerprint density at radius 3 is 2.53 bits per heavy atom. The summed E-state index contributed by atoms with van der Waals surface area (Å²) in [7, 11) is 1.28. The Labute approximate surface area is 222 Å². The Balaban J connectivity index is 1.65. The number of furan rings is 1. The van der Waals surface area contributed by atoms with Crippen molar-refractivity contribution in [1.29, 1.82) is 0 Å². The van der Waals surface area contributed by atoms with Crippen molar-refractivity contribution in [3.63, 3.8) is 0 Å². The molecule has 2 heterocycles. The summed E-state index contributed by atoms with van der Waals surface area (Å²) in [5, 5.41) is 14.0. The van der Waals surface area contributed by atoms with Crippen molar-refractivity contribution >= 4 is 22.8 Å². The first kappa shape index (κ1) is 28.8. The van der Waals surface area contributed by atoms with Crippen LogP contribution in [0.3, 0.4) is 0 Å². The van der Waals surface area contributed by atoms with E-state index in [-0.39, 0.29) is 29.4 Å². The van der Waals surface area contributed by atoms with Crippen molar-refractivity contribution in [3.05, 3.63) is 75.7 Å². The van der Waals surface area contributed by atoms with Crippen LogP contribution in [0.25, 0.3) is 11.0 Å². The van der Waals surface area contributed by atoms with Crippen LogP contribution in [0.4, 0.5) is 4.79 Å². The van der Waals surface area contributed by atoms with Crippen LogP contribution in [0, 0.1) is 11.8 Å². The first-order valence-electron chi connectivity index (χ1n) is 13.0. The Bertz CT molecular complexity index is 1350. The number of hydrogen-bond donors (Lipinski definition) is 2. The van der Waals surface area contributed by atoms with Crippen LogP contribution in [-0.4, -0.2) is 24.1 Å². The van der Waals surface area contributed by atoms with Crippen molar-refractivity contribution in [2.24, 2.45) is 11.8 Å². The molecule has 2 unspecified atom stereocenters. The van der Waals surface area contributed by atoms with E-state index in [0.29, 0.717) is 24.5 Å². The number of allylic oxidation sites excluding steroid dienone is 1. The molecule has 8 nitrogen and oxygen atoms in total. The quantitative estimate of drug-likeness (QED) is 0.260. The van der Waals surface area contributed by atoms with Crippen LogP contribution in [-0.2, 0) is 17.6 Å². The number of carbonyl (C=O) groups excluding carboxylic acids is 2. The van der Waals surface area contributed by atoms with Crippen molar-refractivity contribution in [2.45, 2.75) is 65.7 Å². The van der Waals surface area contributed by atoms with E-state index in [1.165, 1.54) is 24.9 Å². The number of amides is 1. The lowest BCUT2D eigenvalue weighted by atomic mass is 9.94. The first-order chi connectivity index (χ1) is 18.1. The van der Waals surface area contributed by atoms with Gasteiger partial charge in [-0.1, -0.05) is 45.9 Å². The molecule has 204 valence electrons. The van der Waals surface area contributed by atoms with Gasteiger partial charge in [0, 0.05) is 35.9 Å². The lowest BCUT2D eigenvalue weighted by Gasteiger charge is -2.13. The van der Waals surface area contributed by atoms with E-state index in [2.05, 4.69) is 30.0 Å². The Hall–Kier alpha value is -3.81. The SMILES string of the molecule is COC(=O)N/C=C/CCC(C)c1cc(O)c(C(=O)C(C)Cc2cc3ccc(CCC(C)C)cc3o2)c(=O)o1. The molecule has 0 aliphatic carbocycles. The van der Waals surface area contributed by atoms with Gasteiger partial charge in [0.15, 0.2) is 5.78 Å². The zero-order chi connectivity index (χ0) is 27.8. The van der Waals surface area contributed by atoms with Crippen molar-refractivity contribution < 1.29 is 28.3 Å². The molecule has 3 rings (SSSR count). The molecule has 0 bridgehead atoms. The van der Waals surface area contributed by atoms with Gasteiger partial charge in [0.1, 0.15) is 28.4 Å². The van der Waals surface area contributed by atoms with Gasteiger partial charge >= 0.3 is 11.7 Å². The van der Waals surface area contributed by atoms with E-state index in [0.717, 1.165) is 23.8 Å². The fourth-order valence-electron chi connectivity index (χ4n) is 4.21. The maximum Gasteiger partial charge on any atom is 0.410 e. The molecule has 38 heavy (non-hydrogen) atoms. The summed E-state index contributed by atoms with van der Waals surface area (Å²) in [5.74, 6) is -0.121. The molecule has 3 aromatic rings. The van der Waals surface area contributed by atoms with E-state index in [4.69, 9.17) is 8.83 Å². The highest BCUT2D eigenvalue weighted by Gasteiger charge is 2.26. The third-order valence-electron chi connectivity index (χ3n) is 6.55. The van der Waals surface area contributed by atoms with Crippen LogP contribution >= 0.6 is 0 Å². The first-order valence-corrected chi connectivity index (χ1v) is 13.0. The van der Waals surface area contributed by atoms with Crippen LogP contribution in [0.1, 0.15) is 80.3 Å². The predicted molar refractivity (Wildman–Crippen MR) is 146 cm³/mol. The zero-order valence-corrected chi connectivity index (χ0v) is 22.7. The summed E-state index contributed by atoms with van der Waals surface area (Å²) >= 11 is 0. The van der Waals surface area contributed by atoms with Crippen LogP contribution in [0.2, 0.25) is 0 Å². The summed E-state index contributed by atoms with van der Waals surface area (Å²) in [6.07, 6.45) is 6.20. The summed E-state index contributed by atoms with van der Waals surface area (Å²) in [4.78, 5) is 36.8. The van der Waals surface area contributed by atoms with Gasteiger partial charge in [-0.25, -0.2) is 9.59 Å². The molecule has 1 aromatic carbocycles. The third-order valence-corrected chi connectivity index (χ3v) is 6.55. The van der Waals surface area contributed by atoms with Gasteiger partial charge in [-0.05, 0) is 49.3 Å². The maximum absolute atomic E-state index is 13.1. The topological polar surface area (TPSA) is 119 Å². The van der Waals surface area contributed by atoms with Crippen LogP contribution < -0.4 is 10.9 Å². The largest absolute Gasteiger partial charge is 0.507 e. The second kappa shape index (κ2) is 13.1. The predicted octanol–water partition coefficient (Wildman–Crippen LogP) is 6.50. The lowest BCUT2D eigenvalue weighted by Crippen LogP contribution is -2.22. The van der Waals surface area contributed by atoms with Gasteiger partial charge in [-0.3, -0.25) is 10.1 Å². The molecule has 0 aliphatic heterocycles. The molecular weight excluding hydrogens is 486 g/mol. The number of ether oxygens (including phenoxy) is 1. The van der Waals surface area contributed by atoms with E-state index in [9.17, 15) is 19.5 Å². The average molecular weight is 524 g/mol. The molecule has 0 saturated carbocycles. The van der Waals surface area contributed by atoms with Gasteiger partial charge in [-0.15, -0.1) is 0 Å². The van der Waals surface area contributed by atoms with E-state index < -0.39 is 23.4 Å². The van der Waals surface area contributed by atoms with Crippen LogP contribution in [0.5, 0.6) is 5.75 Å². The molecule has 0 spiro atoms. The number of Topliss-reactive ketones (excluding diaryl/α,β-unsaturated/α-hetero) is 1. The monoisotopic (exact) mass is 523 g/mol. The van der Waals surface area contributed by atoms with Crippen LogP contribution in [0.15, 0.2) is 56.2 Å². The third kappa shape index (κ3) is 7.60. The minimum Gasteiger partial charge on any atom is -0.507 e. The Kier molecular flexibility index (Phi) is 9.93. The molecule has 8 heteroatoms. The number of nitrogens with one attached hydrogen (secondary N) is 1. The van der Waals surface area contributed by atoms with E-state index in [1.54, 1.807) is 13.0 Å². The Morgan fingerprint density at radius 1 is 1.08 bits per heavy atom. The molecule has 0 radical (unpaired) electrons. The number of alkyl carbamates (subject to hydrolysis) is 1. The molecular formula is C30H37NO7. The van der Waals surface area contributed by atoms with E-state index in [1.807, 2.05) is 25.1 Å². The minimum absolute atomic E-state index is 0.195. The van der Waals surface area contributed by atoms with Crippen molar-refractivity contribution in [3.8, 4) is 5.75 Å². The molecule has 2 aromatic heterocycles. The van der Waals surface area contributed by atoms with Gasteiger partial charge in [0.25, 0.3) is 0 Å². The van der Waals surface area contributed by atoms with Gasteiger partial charge in [0.2, 0.25) is 0 Å². The smallest absolute Gasteiger partial charge is 0.410 e. The summed E-state index contributed by atoms with van der Waals surface area (Å²) in [6, 6.07) is 9.41. The van der Waals surface area contributed by atoms with Gasteiger partial charge < -0.3 is 18.7 Å². The number of rotatable bonds is 12. The molecule has 0 saturated heterocycles.